The molecule has 1 heterocycles. The van der Waals surface area contributed by atoms with E-state index in [1.54, 1.807) is 0 Å². The number of nitrogens with zero attached hydrogens (tertiary/aromatic N) is 2. The Morgan fingerprint density at radius 3 is 1.76 bits per heavy atom. The molecule has 0 aliphatic carbocycles. The second kappa shape index (κ2) is 12.9. The van der Waals surface area contributed by atoms with Crippen molar-refractivity contribution >= 4 is 0 Å². The molecular formula is C19H36N2. The minimum atomic E-state index is 0.888. The molecule has 1 aromatic rings. The summed E-state index contributed by atoms with van der Waals surface area (Å²) in [6.45, 7) is 5.79. The van der Waals surface area contributed by atoms with Crippen LogP contribution in [0.15, 0.2) is 18.7 Å². The summed E-state index contributed by atoms with van der Waals surface area (Å²) in [5.74, 6) is 0.888. The van der Waals surface area contributed by atoms with Gasteiger partial charge in [0.15, 0.2) is 0 Å². The monoisotopic (exact) mass is 292 g/mol. The normalized spacial score (nSPS) is 11.4. The van der Waals surface area contributed by atoms with Crippen LogP contribution in [0.2, 0.25) is 0 Å². The van der Waals surface area contributed by atoms with Crippen molar-refractivity contribution in [1.82, 2.24) is 9.55 Å². The zero-order valence-electron chi connectivity index (χ0n) is 14.4. The molecule has 0 aliphatic heterocycles. The summed E-state index contributed by atoms with van der Waals surface area (Å²) >= 11 is 0. The molecule has 0 aliphatic rings. The Morgan fingerprint density at radius 2 is 1.29 bits per heavy atom. The Balaban J connectivity index is 1.71. The van der Waals surface area contributed by atoms with E-state index in [0.29, 0.717) is 0 Å². The van der Waals surface area contributed by atoms with Gasteiger partial charge in [0, 0.05) is 18.9 Å². The van der Waals surface area contributed by atoms with Crippen molar-refractivity contribution in [2.45, 2.75) is 97.4 Å². The fourth-order valence-corrected chi connectivity index (χ4v) is 2.86. The number of aryl methyl sites for hydroxylation is 1. The quantitative estimate of drug-likeness (QED) is 0.372. The van der Waals surface area contributed by atoms with Crippen molar-refractivity contribution in [2.75, 3.05) is 0 Å². The highest BCUT2D eigenvalue weighted by Crippen LogP contribution is 2.13. The maximum atomic E-state index is 4.07. The van der Waals surface area contributed by atoms with Crippen LogP contribution in [0.5, 0.6) is 0 Å². The van der Waals surface area contributed by atoms with Gasteiger partial charge in [0.05, 0.1) is 6.33 Å². The third-order valence-corrected chi connectivity index (χ3v) is 4.26. The van der Waals surface area contributed by atoms with Crippen LogP contribution >= 0.6 is 0 Å². The lowest BCUT2D eigenvalue weighted by Crippen LogP contribution is -1.93. The third kappa shape index (κ3) is 11.5. The average Bonchev–Trinajstić information content (AvgIpc) is 2.97. The van der Waals surface area contributed by atoms with Gasteiger partial charge in [-0.1, -0.05) is 84.5 Å². The molecule has 0 fully saturated rings. The van der Waals surface area contributed by atoms with Gasteiger partial charge in [0.25, 0.3) is 0 Å². The van der Waals surface area contributed by atoms with Gasteiger partial charge >= 0.3 is 0 Å². The summed E-state index contributed by atoms with van der Waals surface area (Å²) in [5.41, 5.74) is 0. The van der Waals surface area contributed by atoms with Crippen LogP contribution in [0.25, 0.3) is 0 Å². The standard InChI is InChI=1S/C19H36N2/c1-19(2)14-12-10-8-6-4-3-5-7-9-11-13-16-21-17-15-20-18-21/h15,17-19H,3-14,16H2,1-2H3. The molecule has 0 spiro atoms. The van der Waals surface area contributed by atoms with Crippen molar-refractivity contribution in [3.8, 4) is 0 Å². The second-order valence-corrected chi connectivity index (χ2v) is 6.87. The third-order valence-electron chi connectivity index (χ3n) is 4.26. The van der Waals surface area contributed by atoms with Gasteiger partial charge < -0.3 is 4.57 Å². The summed E-state index contributed by atoms with van der Waals surface area (Å²) in [6.07, 6.45) is 22.9. The van der Waals surface area contributed by atoms with E-state index >= 15 is 0 Å². The highest BCUT2D eigenvalue weighted by Gasteiger charge is 1.96. The van der Waals surface area contributed by atoms with E-state index in [1.165, 1.54) is 77.0 Å². The van der Waals surface area contributed by atoms with Crippen molar-refractivity contribution in [3.05, 3.63) is 18.7 Å². The molecule has 0 aromatic carbocycles. The van der Waals surface area contributed by atoms with E-state index in [2.05, 4.69) is 29.6 Å². The topological polar surface area (TPSA) is 17.8 Å². The first kappa shape index (κ1) is 18.3. The van der Waals surface area contributed by atoms with Crippen LogP contribution in [-0.2, 0) is 6.54 Å². The van der Waals surface area contributed by atoms with E-state index in [0.717, 1.165) is 12.5 Å². The molecule has 0 unspecified atom stereocenters. The molecule has 0 saturated heterocycles. The van der Waals surface area contributed by atoms with E-state index in [-0.39, 0.29) is 0 Å². The van der Waals surface area contributed by atoms with Crippen LogP contribution in [0.3, 0.4) is 0 Å². The summed E-state index contributed by atoms with van der Waals surface area (Å²) in [7, 11) is 0. The molecule has 0 bridgehead atoms. The van der Waals surface area contributed by atoms with E-state index in [4.69, 9.17) is 0 Å². The lowest BCUT2D eigenvalue weighted by Gasteiger charge is -2.05. The first-order chi connectivity index (χ1) is 10.3. The lowest BCUT2D eigenvalue weighted by atomic mass is 10.0. The van der Waals surface area contributed by atoms with Gasteiger partial charge in [-0.15, -0.1) is 0 Å². The molecule has 0 saturated carbocycles. The average molecular weight is 293 g/mol. The van der Waals surface area contributed by atoms with Gasteiger partial charge in [-0.05, 0) is 12.3 Å². The number of hydrogen-bond donors (Lipinski definition) is 0. The van der Waals surface area contributed by atoms with Crippen LogP contribution in [0, 0.1) is 5.92 Å². The Bertz CT molecular complexity index is 303. The molecule has 2 nitrogen and oxygen atoms in total. The lowest BCUT2D eigenvalue weighted by molar-refractivity contribution is 0.501. The number of rotatable bonds is 14. The molecule has 1 rings (SSSR count). The van der Waals surface area contributed by atoms with Crippen molar-refractivity contribution in [2.24, 2.45) is 5.92 Å². The molecule has 1 aromatic heterocycles. The SMILES string of the molecule is CC(C)CCCCCCCCCCCCCn1ccnc1. The van der Waals surface area contributed by atoms with Crippen LogP contribution in [0.1, 0.15) is 90.9 Å². The Hall–Kier alpha value is -0.790. The molecule has 0 N–H and O–H groups in total. The first-order valence-corrected chi connectivity index (χ1v) is 9.25. The van der Waals surface area contributed by atoms with Gasteiger partial charge in [-0.3, -0.25) is 0 Å². The molecule has 122 valence electrons. The van der Waals surface area contributed by atoms with E-state index in [9.17, 15) is 0 Å². The number of hydrogen-bond acceptors (Lipinski definition) is 1. The minimum Gasteiger partial charge on any atom is -0.337 e. The van der Waals surface area contributed by atoms with E-state index in [1.807, 2.05) is 12.5 Å². The highest BCUT2D eigenvalue weighted by molar-refractivity contribution is 4.73. The predicted octanol–water partition coefficient (Wildman–Crippen LogP) is 6.22. The minimum absolute atomic E-state index is 0.888. The Morgan fingerprint density at radius 1 is 0.762 bits per heavy atom. The summed E-state index contributed by atoms with van der Waals surface area (Å²) in [6, 6.07) is 0. The zero-order chi connectivity index (χ0) is 15.2. The van der Waals surface area contributed by atoms with Crippen LogP contribution in [0.4, 0.5) is 0 Å². The fraction of sp³-hybridized carbons (Fsp3) is 0.842. The van der Waals surface area contributed by atoms with Crippen molar-refractivity contribution in [1.29, 1.82) is 0 Å². The molecule has 21 heavy (non-hydrogen) atoms. The van der Waals surface area contributed by atoms with Gasteiger partial charge in [0.2, 0.25) is 0 Å². The first-order valence-electron chi connectivity index (χ1n) is 9.25. The molecule has 2 heteroatoms. The molecular weight excluding hydrogens is 256 g/mol. The summed E-state index contributed by atoms with van der Waals surface area (Å²) in [5, 5.41) is 0. The Labute approximate surface area is 132 Å². The molecule has 0 amide bonds. The maximum absolute atomic E-state index is 4.07. The van der Waals surface area contributed by atoms with Gasteiger partial charge in [-0.25, -0.2) is 4.98 Å². The predicted molar refractivity (Wildman–Crippen MR) is 92.5 cm³/mol. The van der Waals surface area contributed by atoms with Crippen LogP contribution in [-0.4, -0.2) is 9.55 Å². The van der Waals surface area contributed by atoms with Gasteiger partial charge in [-0.2, -0.15) is 0 Å². The largest absolute Gasteiger partial charge is 0.337 e. The zero-order valence-corrected chi connectivity index (χ0v) is 14.4. The summed E-state index contributed by atoms with van der Waals surface area (Å²) in [4.78, 5) is 4.07. The second-order valence-electron chi connectivity index (χ2n) is 6.87. The highest BCUT2D eigenvalue weighted by atomic mass is 15.0. The van der Waals surface area contributed by atoms with Crippen molar-refractivity contribution in [3.63, 3.8) is 0 Å². The molecule has 0 radical (unpaired) electrons. The number of unbranched alkanes of at least 4 members (excludes halogenated alkanes) is 10. The van der Waals surface area contributed by atoms with Crippen molar-refractivity contribution < 1.29 is 0 Å². The smallest absolute Gasteiger partial charge is 0.0945 e. The van der Waals surface area contributed by atoms with E-state index < -0.39 is 0 Å². The fourth-order valence-electron chi connectivity index (χ4n) is 2.86. The Kier molecular flexibility index (Phi) is 11.2. The maximum Gasteiger partial charge on any atom is 0.0945 e. The van der Waals surface area contributed by atoms with Gasteiger partial charge in [0.1, 0.15) is 0 Å². The summed E-state index contributed by atoms with van der Waals surface area (Å²) < 4.78 is 2.18. The number of imidazole rings is 1. The molecule has 0 atom stereocenters. The number of aromatic nitrogens is 2. The van der Waals surface area contributed by atoms with Crippen LogP contribution < -0.4 is 0 Å².